The topological polar surface area (TPSA) is 82.0 Å². The Labute approximate surface area is 161 Å². The molecule has 2 aromatic rings. The maximum Gasteiger partial charge on any atom is 0.199 e. The summed E-state index contributed by atoms with van der Waals surface area (Å²) in [4.78, 5) is 12.6. The van der Waals surface area contributed by atoms with E-state index in [-0.39, 0.29) is 16.4 Å². The Bertz CT molecular complexity index is 801. The van der Waals surface area contributed by atoms with Crippen LogP contribution in [-0.2, 0) is 23.7 Å². The minimum absolute atomic E-state index is 0.0850. The third-order valence-electron chi connectivity index (χ3n) is 4.80. The van der Waals surface area contributed by atoms with E-state index in [0.29, 0.717) is 0 Å². The highest BCUT2D eigenvalue weighted by Gasteiger charge is 2.31. The number of hydrazine groups is 2. The number of aromatic nitrogens is 3. The number of H-pyrrole nitrogens is 1. The van der Waals surface area contributed by atoms with Crippen LogP contribution in [-0.4, -0.2) is 25.6 Å². The molecule has 0 saturated heterocycles. The molecule has 0 bridgehead atoms. The zero-order valence-electron chi connectivity index (χ0n) is 17.5. The predicted octanol–water partition coefficient (Wildman–Crippen LogP) is 3.33. The molecule has 0 aromatic carbocycles. The summed E-state index contributed by atoms with van der Waals surface area (Å²) < 4.78 is 5.98. The van der Waals surface area contributed by atoms with Crippen molar-refractivity contribution >= 4 is 0 Å². The van der Waals surface area contributed by atoms with Crippen molar-refractivity contribution in [3.63, 3.8) is 0 Å². The summed E-state index contributed by atoms with van der Waals surface area (Å²) in [5.41, 5.74) is 7.10. The molecule has 3 N–H and O–H groups in total. The fraction of sp³-hybridized carbons (Fsp3) is 0.600. The Hall–Kier alpha value is -2.28. The maximum atomic E-state index is 5.98. The van der Waals surface area contributed by atoms with Crippen LogP contribution in [0.2, 0.25) is 0 Å². The number of aromatic amines is 1. The zero-order chi connectivity index (χ0) is 19.9. The van der Waals surface area contributed by atoms with Crippen molar-refractivity contribution < 1.29 is 4.42 Å². The minimum Gasteiger partial charge on any atom is -0.445 e. The molecule has 0 radical (unpaired) electrons. The van der Waals surface area contributed by atoms with Gasteiger partial charge in [-0.2, -0.15) is 0 Å². The van der Waals surface area contributed by atoms with E-state index in [1.807, 2.05) is 29.9 Å². The van der Waals surface area contributed by atoms with Crippen LogP contribution in [0.3, 0.4) is 0 Å². The molecular formula is C20H32N6O. The van der Waals surface area contributed by atoms with Gasteiger partial charge in [-0.1, -0.05) is 34.6 Å². The molecule has 1 aliphatic heterocycles. The third kappa shape index (κ3) is 4.35. The summed E-state index contributed by atoms with van der Waals surface area (Å²) in [7, 11) is 0. The van der Waals surface area contributed by atoms with Gasteiger partial charge in [-0.25, -0.2) is 9.97 Å². The third-order valence-corrected chi connectivity index (χ3v) is 4.80. The zero-order valence-corrected chi connectivity index (χ0v) is 17.5. The van der Waals surface area contributed by atoms with Gasteiger partial charge in [0.05, 0.1) is 11.7 Å². The molecule has 1 aliphatic rings. The second-order valence-electron chi connectivity index (χ2n) is 9.62. The van der Waals surface area contributed by atoms with E-state index in [0.717, 1.165) is 36.0 Å². The lowest BCUT2D eigenvalue weighted by Gasteiger charge is -2.34. The molecule has 148 valence electrons. The fourth-order valence-corrected chi connectivity index (χ4v) is 3.20. The number of oxazole rings is 1. The second-order valence-corrected chi connectivity index (χ2v) is 9.62. The van der Waals surface area contributed by atoms with Crippen molar-refractivity contribution in [2.45, 2.75) is 77.7 Å². The highest BCUT2D eigenvalue weighted by molar-refractivity contribution is 5.16. The normalized spacial score (nSPS) is 15.8. The number of rotatable bonds is 6. The van der Waals surface area contributed by atoms with Gasteiger partial charge in [0.25, 0.3) is 0 Å². The van der Waals surface area contributed by atoms with Gasteiger partial charge in [0.2, 0.25) is 0 Å². The molecule has 0 unspecified atom stereocenters. The molecule has 0 fully saturated rings. The first-order chi connectivity index (χ1) is 12.5. The largest absolute Gasteiger partial charge is 0.445 e. The average Bonchev–Trinajstić information content (AvgIpc) is 3.27. The number of nitrogens with one attached hydrogen (secondary N) is 3. The summed E-state index contributed by atoms with van der Waals surface area (Å²) in [6.07, 6.45) is 9.11. The van der Waals surface area contributed by atoms with Crippen molar-refractivity contribution in [2.75, 3.05) is 0 Å². The molecule has 7 nitrogen and oxygen atoms in total. The summed E-state index contributed by atoms with van der Waals surface area (Å²) in [6, 6.07) is 0. The molecule has 0 saturated carbocycles. The number of imidazole rings is 1. The molecule has 0 atom stereocenters. The van der Waals surface area contributed by atoms with Gasteiger partial charge < -0.3 is 20.3 Å². The van der Waals surface area contributed by atoms with E-state index in [1.165, 1.54) is 0 Å². The highest BCUT2D eigenvalue weighted by Crippen LogP contribution is 2.29. The van der Waals surface area contributed by atoms with E-state index >= 15 is 0 Å². The van der Waals surface area contributed by atoms with Crippen LogP contribution >= 0.6 is 0 Å². The first-order valence-corrected chi connectivity index (χ1v) is 9.44. The van der Waals surface area contributed by atoms with Crippen LogP contribution in [0, 0.1) is 0 Å². The molecule has 7 heteroatoms. The van der Waals surface area contributed by atoms with Gasteiger partial charge in [-0.15, -0.1) is 5.12 Å². The van der Waals surface area contributed by atoms with Gasteiger partial charge in [-0.05, 0) is 13.8 Å². The highest BCUT2D eigenvalue weighted by atomic mass is 16.4. The molecule has 3 heterocycles. The van der Waals surface area contributed by atoms with Crippen LogP contribution in [0.4, 0.5) is 0 Å². The van der Waals surface area contributed by atoms with E-state index in [2.05, 4.69) is 74.3 Å². The van der Waals surface area contributed by atoms with Crippen molar-refractivity contribution in [1.82, 2.24) is 30.9 Å². The van der Waals surface area contributed by atoms with Crippen molar-refractivity contribution in [3.05, 3.63) is 48.0 Å². The minimum atomic E-state index is -0.178. The van der Waals surface area contributed by atoms with Crippen molar-refractivity contribution in [1.29, 1.82) is 0 Å². The SMILES string of the molecule is CC(C)(C)c1ncc(CC(C)(C)c2ncc(CC(C)(C)N3NC=CN3)[nH]2)o1. The summed E-state index contributed by atoms with van der Waals surface area (Å²) in [5, 5.41) is 1.99. The van der Waals surface area contributed by atoms with E-state index in [1.54, 1.807) is 0 Å². The van der Waals surface area contributed by atoms with Crippen LogP contribution in [0.15, 0.2) is 29.2 Å². The number of hydrogen-bond acceptors (Lipinski definition) is 6. The van der Waals surface area contributed by atoms with Crippen LogP contribution in [0.1, 0.15) is 71.6 Å². The monoisotopic (exact) mass is 372 g/mol. The van der Waals surface area contributed by atoms with Gasteiger partial charge in [-0.3, -0.25) is 0 Å². The smallest absolute Gasteiger partial charge is 0.199 e. The Balaban J connectivity index is 1.69. The predicted molar refractivity (Wildman–Crippen MR) is 106 cm³/mol. The maximum absolute atomic E-state index is 5.98. The van der Waals surface area contributed by atoms with Crippen LogP contribution < -0.4 is 10.9 Å². The van der Waals surface area contributed by atoms with E-state index in [4.69, 9.17) is 4.42 Å². The Morgan fingerprint density at radius 3 is 2.19 bits per heavy atom. The number of hydrogen-bond donors (Lipinski definition) is 3. The standard InChI is InChI=1S/C20H32N6O/c1-18(2,3)17-22-13-15(27-17)11-19(4,5)16-21-12-14(25-16)10-20(6,7)26-23-8-9-24-26/h8-9,12-13,23-24H,10-11H2,1-7H3,(H,21,25). The molecule has 0 aliphatic carbocycles. The Morgan fingerprint density at radius 1 is 0.926 bits per heavy atom. The first-order valence-electron chi connectivity index (χ1n) is 9.44. The average molecular weight is 373 g/mol. The second kappa shape index (κ2) is 6.71. The molecule has 27 heavy (non-hydrogen) atoms. The van der Waals surface area contributed by atoms with Crippen molar-refractivity contribution in [3.8, 4) is 0 Å². The van der Waals surface area contributed by atoms with E-state index in [9.17, 15) is 0 Å². The summed E-state index contributed by atoms with van der Waals surface area (Å²) >= 11 is 0. The molecule has 0 amide bonds. The summed E-state index contributed by atoms with van der Waals surface area (Å²) in [6.45, 7) is 15.0. The fourth-order valence-electron chi connectivity index (χ4n) is 3.20. The molecular weight excluding hydrogens is 340 g/mol. The van der Waals surface area contributed by atoms with Gasteiger partial charge in [0, 0.05) is 48.0 Å². The Morgan fingerprint density at radius 2 is 1.59 bits per heavy atom. The van der Waals surface area contributed by atoms with Gasteiger partial charge in [0.15, 0.2) is 5.89 Å². The lowest BCUT2D eigenvalue weighted by Crippen LogP contribution is -2.54. The van der Waals surface area contributed by atoms with Crippen LogP contribution in [0.25, 0.3) is 0 Å². The lowest BCUT2D eigenvalue weighted by molar-refractivity contribution is 0.0539. The van der Waals surface area contributed by atoms with Gasteiger partial charge in [0.1, 0.15) is 11.6 Å². The number of nitrogens with zero attached hydrogens (tertiary/aromatic N) is 3. The van der Waals surface area contributed by atoms with Crippen molar-refractivity contribution in [2.24, 2.45) is 0 Å². The quantitative estimate of drug-likeness (QED) is 0.721. The first kappa shape index (κ1) is 19.5. The molecule has 3 rings (SSSR count). The Kier molecular flexibility index (Phi) is 4.84. The van der Waals surface area contributed by atoms with E-state index < -0.39 is 0 Å². The van der Waals surface area contributed by atoms with Gasteiger partial charge >= 0.3 is 0 Å². The summed E-state index contributed by atoms with van der Waals surface area (Å²) in [5.74, 6) is 2.62. The molecule has 0 spiro atoms. The van der Waals surface area contributed by atoms with Crippen LogP contribution in [0.5, 0.6) is 0 Å². The lowest BCUT2D eigenvalue weighted by atomic mass is 9.87. The molecule has 2 aromatic heterocycles.